The summed E-state index contributed by atoms with van der Waals surface area (Å²) in [5.41, 5.74) is 7.75. The van der Waals surface area contributed by atoms with Gasteiger partial charge in [0.2, 0.25) is 0 Å². The Morgan fingerprint density at radius 3 is 2.45 bits per heavy atom. The Morgan fingerprint density at radius 1 is 1.20 bits per heavy atom. The van der Waals surface area contributed by atoms with Crippen molar-refractivity contribution in [1.82, 2.24) is 5.32 Å². The monoisotopic (exact) mass is 276 g/mol. The molecular weight excluding hydrogens is 248 g/mol. The van der Waals surface area contributed by atoms with Gasteiger partial charge >= 0.3 is 0 Å². The Labute approximate surface area is 122 Å². The molecule has 0 saturated heterocycles. The Bertz CT molecular complexity index is 386. The molecule has 0 aromatic heterocycles. The third-order valence-electron chi connectivity index (χ3n) is 3.76. The van der Waals surface area contributed by atoms with E-state index in [0.717, 1.165) is 24.8 Å². The van der Waals surface area contributed by atoms with Crippen molar-refractivity contribution < 1.29 is 4.79 Å². The number of unbranched alkanes of at least 4 members (excludes halogenated alkanes) is 1. The van der Waals surface area contributed by atoms with Gasteiger partial charge in [-0.05, 0) is 49.4 Å². The topological polar surface area (TPSA) is 55.1 Å². The van der Waals surface area contributed by atoms with E-state index >= 15 is 0 Å². The summed E-state index contributed by atoms with van der Waals surface area (Å²) in [6.45, 7) is 5.72. The smallest absolute Gasteiger partial charge is 0.251 e. The predicted octanol–water partition coefficient (Wildman–Crippen LogP) is 3.13. The predicted molar refractivity (Wildman–Crippen MR) is 84.8 cm³/mol. The second-order valence-electron chi connectivity index (χ2n) is 5.34. The van der Waals surface area contributed by atoms with E-state index in [-0.39, 0.29) is 5.91 Å². The second-order valence-corrected chi connectivity index (χ2v) is 5.34. The van der Waals surface area contributed by atoms with E-state index in [4.69, 9.17) is 5.73 Å². The van der Waals surface area contributed by atoms with Crippen molar-refractivity contribution in [2.45, 2.75) is 46.0 Å². The van der Waals surface area contributed by atoms with Crippen LogP contribution in [0.1, 0.15) is 55.5 Å². The molecule has 0 aliphatic rings. The minimum absolute atomic E-state index is 0.0129. The zero-order valence-corrected chi connectivity index (χ0v) is 12.8. The highest BCUT2D eigenvalue weighted by atomic mass is 16.1. The van der Waals surface area contributed by atoms with Crippen LogP contribution in [0, 0.1) is 5.92 Å². The molecule has 1 amide bonds. The van der Waals surface area contributed by atoms with Gasteiger partial charge in [0.25, 0.3) is 5.91 Å². The SMILES string of the molecule is CCCCC(CN)CCNC(=O)c1ccc(CC)cc1. The molecule has 0 heterocycles. The lowest BCUT2D eigenvalue weighted by Crippen LogP contribution is -2.27. The summed E-state index contributed by atoms with van der Waals surface area (Å²) in [6, 6.07) is 7.81. The maximum atomic E-state index is 12.0. The van der Waals surface area contributed by atoms with Gasteiger partial charge in [-0.3, -0.25) is 4.79 Å². The molecular formula is C17H28N2O. The standard InChI is InChI=1S/C17H28N2O/c1-3-5-6-15(13-18)11-12-19-17(20)16-9-7-14(4-2)8-10-16/h7-10,15H,3-6,11-13,18H2,1-2H3,(H,19,20). The fraction of sp³-hybridized carbons (Fsp3) is 0.588. The summed E-state index contributed by atoms with van der Waals surface area (Å²) >= 11 is 0. The molecule has 0 aliphatic heterocycles. The van der Waals surface area contributed by atoms with Crippen LogP contribution in [0.15, 0.2) is 24.3 Å². The highest BCUT2D eigenvalue weighted by Crippen LogP contribution is 2.11. The zero-order valence-electron chi connectivity index (χ0n) is 12.8. The normalized spacial score (nSPS) is 12.2. The molecule has 1 aromatic carbocycles. The van der Waals surface area contributed by atoms with Crippen molar-refractivity contribution in [3.05, 3.63) is 35.4 Å². The van der Waals surface area contributed by atoms with Crippen LogP contribution >= 0.6 is 0 Å². The molecule has 0 spiro atoms. The first-order valence-electron chi connectivity index (χ1n) is 7.78. The quantitative estimate of drug-likeness (QED) is 0.728. The largest absolute Gasteiger partial charge is 0.352 e. The van der Waals surface area contributed by atoms with Crippen molar-refractivity contribution in [1.29, 1.82) is 0 Å². The van der Waals surface area contributed by atoms with Crippen LogP contribution in [-0.2, 0) is 6.42 Å². The van der Waals surface area contributed by atoms with Gasteiger partial charge in [-0.1, -0.05) is 38.8 Å². The molecule has 112 valence electrons. The minimum atomic E-state index is 0.0129. The lowest BCUT2D eigenvalue weighted by atomic mass is 9.99. The van der Waals surface area contributed by atoms with Crippen LogP contribution < -0.4 is 11.1 Å². The first-order chi connectivity index (χ1) is 9.71. The van der Waals surface area contributed by atoms with Crippen LogP contribution in [0.4, 0.5) is 0 Å². The fourth-order valence-electron chi connectivity index (χ4n) is 2.26. The number of benzene rings is 1. The lowest BCUT2D eigenvalue weighted by molar-refractivity contribution is 0.0951. The Kier molecular flexibility index (Phi) is 7.97. The molecule has 1 aromatic rings. The highest BCUT2D eigenvalue weighted by molar-refractivity contribution is 5.94. The summed E-state index contributed by atoms with van der Waals surface area (Å²) in [5.74, 6) is 0.539. The molecule has 0 radical (unpaired) electrons. The molecule has 1 atom stereocenters. The van der Waals surface area contributed by atoms with Crippen LogP contribution in [-0.4, -0.2) is 19.0 Å². The lowest BCUT2D eigenvalue weighted by Gasteiger charge is -2.14. The molecule has 1 unspecified atom stereocenters. The van der Waals surface area contributed by atoms with E-state index in [1.54, 1.807) is 0 Å². The Balaban J connectivity index is 2.34. The number of carbonyl (C=O) groups excluding carboxylic acids is 1. The van der Waals surface area contributed by atoms with Crippen molar-refractivity contribution in [3.8, 4) is 0 Å². The first kappa shape index (κ1) is 16.7. The van der Waals surface area contributed by atoms with Crippen molar-refractivity contribution in [2.24, 2.45) is 11.7 Å². The van der Waals surface area contributed by atoms with Gasteiger partial charge in [0.05, 0.1) is 0 Å². The number of amides is 1. The summed E-state index contributed by atoms with van der Waals surface area (Å²) in [5, 5.41) is 2.98. The van der Waals surface area contributed by atoms with Gasteiger partial charge in [-0.25, -0.2) is 0 Å². The highest BCUT2D eigenvalue weighted by Gasteiger charge is 2.08. The average molecular weight is 276 g/mol. The molecule has 20 heavy (non-hydrogen) atoms. The van der Waals surface area contributed by atoms with E-state index in [1.165, 1.54) is 18.4 Å². The number of hydrogen-bond acceptors (Lipinski definition) is 2. The maximum absolute atomic E-state index is 12.0. The van der Waals surface area contributed by atoms with Crippen LogP contribution in [0.2, 0.25) is 0 Å². The average Bonchev–Trinajstić information content (AvgIpc) is 2.50. The van der Waals surface area contributed by atoms with Gasteiger partial charge < -0.3 is 11.1 Å². The number of hydrogen-bond donors (Lipinski definition) is 2. The summed E-state index contributed by atoms with van der Waals surface area (Å²) in [6.07, 6.45) is 5.54. The number of nitrogens with one attached hydrogen (secondary N) is 1. The van der Waals surface area contributed by atoms with Crippen molar-refractivity contribution >= 4 is 5.91 Å². The fourth-order valence-corrected chi connectivity index (χ4v) is 2.26. The van der Waals surface area contributed by atoms with Gasteiger partial charge in [0.15, 0.2) is 0 Å². The van der Waals surface area contributed by atoms with Gasteiger partial charge in [0, 0.05) is 12.1 Å². The molecule has 0 bridgehead atoms. The molecule has 0 fully saturated rings. The number of nitrogens with two attached hydrogens (primary N) is 1. The Morgan fingerprint density at radius 2 is 1.90 bits per heavy atom. The maximum Gasteiger partial charge on any atom is 0.251 e. The first-order valence-corrected chi connectivity index (χ1v) is 7.78. The molecule has 0 saturated carbocycles. The summed E-state index contributed by atoms with van der Waals surface area (Å²) in [4.78, 5) is 12.0. The zero-order chi connectivity index (χ0) is 14.8. The number of aryl methyl sites for hydroxylation is 1. The molecule has 3 N–H and O–H groups in total. The van der Waals surface area contributed by atoms with E-state index < -0.39 is 0 Å². The van der Waals surface area contributed by atoms with E-state index in [2.05, 4.69) is 19.2 Å². The van der Waals surface area contributed by atoms with Gasteiger partial charge in [0.1, 0.15) is 0 Å². The van der Waals surface area contributed by atoms with Crippen molar-refractivity contribution in [2.75, 3.05) is 13.1 Å². The summed E-state index contributed by atoms with van der Waals surface area (Å²) in [7, 11) is 0. The van der Waals surface area contributed by atoms with Gasteiger partial charge in [-0.15, -0.1) is 0 Å². The second kappa shape index (κ2) is 9.54. The molecule has 3 heteroatoms. The van der Waals surface area contributed by atoms with E-state index in [1.807, 2.05) is 24.3 Å². The van der Waals surface area contributed by atoms with Crippen LogP contribution in [0.25, 0.3) is 0 Å². The molecule has 3 nitrogen and oxygen atoms in total. The van der Waals surface area contributed by atoms with E-state index in [9.17, 15) is 4.79 Å². The molecule has 1 rings (SSSR count). The van der Waals surface area contributed by atoms with Crippen LogP contribution in [0.3, 0.4) is 0 Å². The summed E-state index contributed by atoms with van der Waals surface area (Å²) < 4.78 is 0. The van der Waals surface area contributed by atoms with Crippen molar-refractivity contribution in [3.63, 3.8) is 0 Å². The van der Waals surface area contributed by atoms with Gasteiger partial charge in [-0.2, -0.15) is 0 Å². The van der Waals surface area contributed by atoms with E-state index in [0.29, 0.717) is 19.0 Å². The minimum Gasteiger partial charge on any atom is -0.352 e. The number of carbonyl (C=O) groups is 1. The third-order valence-corrected chi connectivity index (χ3v) is 3.76. The Hall–Kier alpha value is -1.35. The molecule has 0 aliphatic carbocycles. The number of rotatable bonds is 9. The van der Waals surface area contributed by atoms with Crippen LogP contribution in [0.5, 0.6) is 0 Å². The third kappa shape index (κ3) is 5.74.